The van der Waals surface area contributed by atoms with Crippen LogP contribution in [0.3, 0.4) is 0 Å². The molecule has 2 aliphatic rings. The highest BCUT2D eigenvalue weighted by atomic mass is 32.1. The molecule has 0 saturated carbocycles. The summed E-state index contributed by atoms with van der Waals surface area (Å²) in [6.07, 6.45) is 6.69. The fourth-order valence-corrected chi connectivity index (χ4v) is 4.22. The van der Waals surface area contributed by atoms with Gasteiger partial charge in [-0.3, -0.25) is 9.69 Å². The predicted molar refractivity (Wildman–Crippen MR) is 70.6 cm³/mol. The second kappa shape index (κ2) is 4.42. The van der Waals surface area contributed by atoms with Gasteiger partial charge in [0.15, 0.2) is 0 Å². The minimum Gasteiger partial charge on any atom is -0.316 e. The van der Waals surface area contributed by atoms with Crippen molar-refractivity contribution in [1.82, 2.24) is 9.88 Å². The maximum atomic E-state index is 11.4. The molecule has 0 amide bonds. The van der Waals surface area contributed by atoms with E-state index in [2.05, 4.69) is 16.5 Å². The number of hydrogen-bond acceptors (Lipinski definition) is 3. The number of likely N-dealkylation sites (tertiary alicyclic amines) is 1. The van der Waals surface area contributed by atoms with Gasteiger partial charge in [0, 0.05) is 23.2 Å². The van der Waals surface area contributed by atoms with E-state index in [1.807, 2.05) is 6.08 Å². The molecule has 2 heterocycles. The third-order valence-corrected chi connectivity index (χ3v) is 5.01. The number of aromatic amines is 1. The van der Waals surface area contributed by atoms with E-state index in [4.69, 9.17) is 0 Å². The Morgan fingerprint density at radius 2 is 2.41 bits per heavy atom. The SMILES string of the molecule is C=CCN1CCCC2Cc3[nH]c(=O)sc3CC21. The van der Waals surface area contributed by atoms with Gasteiger partial charge in [-0.05, 0) is 38.1 Å². The highest BCUT2D eigenvalue weighted by molar-refractivity contribution is 7.09. The molecule has 92 valence electrons. The van der Waals surface area contributed by atoms with Crippen molar-refractivity contribution < 1.29 is 0 Å². The Bertz CT molecular complexity index is 476. The molecule has 1 aliphatic heterocycles. The van der Waals surface area contributed by atoms with Crippen LogP contribution in [0.5, 0.6) is 0 Å². The Balaban J connectivity index is 1.88. The lowest BCUT2D eigenvalue weighted by atomic mass is 9.79. The predicted octanol–water partition coefficient (Wildman–Crippen LogP) is 1.80. The largest absolute Gasteiger partial charge is 0.316 e. The molecule has 1 N–H and O–H groups in total. The molecule has 0 radical (unpaired) electrons. The highest BCUT2D eigenvalue weighted by Crippen LogP contribution is 2.34. The van der Waals surface area contributed by atoms with Crippen molar-refractivity contribution in [1.29, 1.82) is 0 Å². The molecular formula is C13H18N2OS. The first-order valence-corrected chi connectivity index (χ1v) is 7.15. The van der Waals surface area contributed by atoms with Crippen LogP contribution in [-0.2, 0) is 12.8 Å². The van der Waals surface area contributed by atoms with Crippen molar-refractivity contribution in [3.8, 4) is 0 Å². The second-order valence-corrected chi connectivity index (χ2v) is 6.15. The Labute approximate surface area is 105 Å². The van der Waals surface area contributed by atoms with Crippen LogP contribution >= 0.6 is 11.3 Å². The molecule has 3 nitrogen and oxygen atoms in total. The molecule has 17 heavy (non-hydrogen) atoms. The van der Waals surface area contributed by atoms with Crippen LogP contribution in [0.25, 0.3) is 0 Å². The van der Waals surface area contributed by atoms with Gasteiger partial charge < -0.3 is 4.98 Å². The maximum Gasteiger partial charge on any atom is 0.304 e. The summed E-state index contributed by atoms with van der Waals surface area (Å²) in [6.45, 7) is 6.01. The topological polar surface area (TPSA) is 36.1 Å². The van der Waals surface area contributed by atoms with E-state index in [-0.39, 0.29) is 4.87 Å². The van der Waals surface area contributed by atoms with E-state index in [1.54, 1.807) is 0 Å². The molecule has 0 spiro atoms. The van der Waals surface area contributed by atoms with Crippen molar-refractivity contribution in [3.63, 3.8) is 0 Å². The Kier molecular flexibility index (Phi) is 2.92. The van der Waals surface area contributed by atoms with E-state index in [1.165, 1.54) is 41.3 Å². The van der Waals surface area contributed by atoms with Gasteiger partial charge in [-0.25, -0.2) is 0 Å². The minimum atomic E-state index is 0.115. The molecular weight excluding hydrogens is 232 g/mol. The smallest absolute Gasteiger partial charge is 0.304 e. The summed E-state index contributed by atoms with van der Waals surface area (Å²) >= 11 is 1.40. The summed E-state index contributed by atoms with van der Waals surface area (Å²) in [5, 5.41) is 0. The quantitative estimate of drug-likeness (QED) is 0.813. The van der Waals surface area contributed by atoms with Gasteiger partial charge in [-0.1, -0.05) is 17.4 Å². The molecule has 1 aliphatic carbocycles. The zero-order valence-corrected chi connectivity index (χ0v) is 10.8. The number of fused-ring (bicyclic) bond motifs is 2. The fourth-order valence-electron chi connectivity index (χ4n) is 3.31. The van der Waals surface area contributed by atoms with Crippen LogP contribution in [0.2, 0.25) is 0 Å². The molecule has 1 fully saturated rings. The van der Waals surface area contributed by atoms with E-state index >= 15 is 0 Å². The third-order valence-electron chi connectivity index (χ3n) is 4.06. The van der Waals surface area contributed by atoms with Crippen molar-refractivity contribution in [2.75, 3.05) is 13.1 Å². The van der Waals surface area contributed by atoms with Crippen LogP contribution in [0.15, 0.2) is 17.4 Å². The first kappa shape index (κ1) is 11.2. The lowest BCUT2D eigenvalue weighted by molar-refractivity contribution is 0.0975. The Morgan fingerprint density at radius 1 is 1.53 bits per heavy atom. The summed E-state index contributed by atoms with van der Waals surface area (Å²) in [7, 11) is 0. The van der Waals surface area contributed by atoms with E-state index < -0.39 is 0 Å². The normalized spacial score (nSPS) is 28.5. The number of hydrogen-bond donors (Lipinski definition) is 1. The number of piperidine rings is 1. The summed E-state index contributed by atoms with van der Waals surface area (Å²) in [6, 6.07) is 0.626. The first-order valence-electron chi connectivity index (χ1n) is 6.33. The second-order valence-electron chi connectivity index (χ2n) is 5.08. The van der Waals surface area contributed by atoms with Crippen molar-refractivity contribution in [3.05, 3.63) is 32.9 Å². The number of nitrogens with one attached hydrogen (secondary N) is 1. The monoisotopic (exact) mass is 250 g/mol. The van der Waals surface area contributed by atoms with E-state index in [9.17, 15) is 4.79 Å². The highest BCUT2D eigenvalue weighted by Gasteiger charge is 2.36. The van der Waals surface area contributed by atoms with Gasteiger partial charge in [-0.2, -0.15) is 0 Å². The molecule has 2 atom stereocenters. The van der Waals surface area contributed by atoms with Gasteiger partial charge in [0.05, 0.1) is 0 Å². The minimum absolute atomic E-state index is 0.115. The number of nitrogens with zero attached hydrogens (tertiary/aromatic N) is 1. The van der Waals surface area contributed by atoms with Crippen molar-refractivity contribution in [2.24, 2.45) is 5.92 Å². The summed E-state index contributed by atoms with van der Waals surface area (Å²) < 4.78 is 0. The lowest BCUT2D eigenvalue weighted by Gasteiger charge is -2.43. The number of H-pyrrole nitrogens is 1. The number of aromatic nitrogens is 1. The van der Waals surface area contributed by atoms with Crippen LogP contribution < -0.4 is 4.87 Å². The van der Waals surface area contributed by atoms with E-state index in [0.29, 0.717) is 6.04 Å². The first-order chi connectivity index (χ1) is 8.28. The average Bonchev–Trinajstić information content (AvgIpc) is 2.66. The van der Waals surface area contributed by atoms with Gasteiger partial charge in [0.25, 0.3) is 0 Å². The van der Waals surface area contributed by atoms with Crippen LogP contribution in [0.1, 0.15) is 23.4 Å². The zero-order chi connectivity index (χ0) is 11.8. The summed E-state index contributed by atoms with van der Waals surface area (Å²) in [4.78, 5) is 18.3. The summed E-state index contributed by atoms with van der Waals surface area (Å²) in [5.41, 5.74) is 1.21. The molecule has 1 saturated heterocycles. The van der Waals surface area contributed by atoms with Crippen LogP contribution in [0.4, 0.5) is 0 Å². The third kappa shape index (κ3) is 2.00. The molecule has 0 aromatic carbocycles. The number of rotatable bonds is 2. The molecule has 1 aromatic heterocycles. The zero-order valence-electron chi connectivity index (χ0n) is 9.95. The van der Waals surface area contributed by atoms with Crippen LogP contribution in [-0.4, -0.2) is 29.0 Å². The van der Waals surface area contributed by atoms with Gasteiger partial charge >= 0.3 is 4.87 Å². The fraction of sp³-hybridized carbons (Fsp3) is 0.615. The molecule has 3 rings (SSSR count). The van der Waals surface area contributed by atoms with E-state index in [0.717, 1.165) is 25.3 Å². The standard InChI is InChI=1S/C13H18N2OS/c1-2-5-15-6-3-4-9-7-10-12(8-11(9)15)17-13(16)14-10/h2,9,11H,1,3-8H2,(H,14,16). The Hall–Kier alpha value is -0.870. The molecule has 1 aromatic rings. The number of thiazole rings is 1. The van der Waals surface area contributed by atoms with Gasteiger partial charge in [0.1, 0.15) is 0 Å². The van der Waals surface area contributed by atoms with Gasteiger partial charge in [-0.15, -0.1) is 6.58 Å². The Morgan fingerprint density at radius 3 is 3.24 bits per heavy atom. The van der Waals surface area contributed by atoms with Crippen molar-refractivity contribution >= 4 is 11.3 Å². The molecule has 2 unspecified atom stereocenters. The van der Waals surface area contributed by atoms with Crippen molar-refractivity contribution in [2.45, 2.75) is 31.7 Å². The lowest BCUT2D eigenvalue weighted by Crippen LogP contribution is -2.48. The molecule has 0 bridgehead atoms. The molecule has 4 heteroatoms. The maximum absolute atomic E-state index is 11.4. The average molecular weight is 250 g/mol. The summed E-state index contributed by atoms with van der Waals surface area (Å²) in [5.74, 6) is 0.724. The van der Waals surface area contributed by atoms with Gasteiger partial charge in [0.2, 0.25) is 0 Å². The van der Waals surface area contributed by atoms with Crippen LogP contribution in [0, 0.1) is 5.92 Å².